The molecular formula is C10H10FO. The molecule has 12 heavy (non-hydrogen) atoms. The second kappa shape index (κ2) is 2.77. The Labute approximate surface area is 71.2 Å². The van der Waals surface area contributed by atoms with Gasteiger partial charge in [-0.2, -0.15) is 0 Å². The molecule has 1 radical (unpaired) electrons. The van der Waals surface area contributed by atoms with Crippen molar-refractivity contribution in [2.45, 2.75) is 12.8 Å². The lowest BCUT2D eigenvalue weighted by Gasteiger charge is -2.05. The van der Waals surface area contributed by atoms with Crippen molar-refractivity contribution in [2.24, 2.45) is 0 Å². The summed E-state index contributed by atoms with van der Waals surface area (Å²) in [6.07, 6.45) is 2.17. The first-order valence-electron chi connectivity index (χ1n) is 4.00. The third-order valence-electron chi connectivity index (χ3n) is 2.04. The number of benzene rings is 1. The van der Waals surface area contributed by atoms with Crippen molar-refractivity contribution in [3.8, 4) is 5.75 Å². The van der Waals surface area contributed by atoms with Crippen LogP contribution in [0.3, 0.4) is 0 Å². The van der Waals surface area contributed by atoms with E-state index in [9.17, 15) is 4.39 Å². The molecule has 2 rings (SSSR count). The Morgan fingerprint density at radius 1 is 1.33 bits per heavy atom. The highest BCUT2D eigenvalue weighted by Crippen LogP contribution is 2.43. The van der Waals surface area contributed by atoms with Gasteiger partial charge >= 0.3 is 0 Å². The zero-order valence-electron chi connectivity index (χ0n) is 6.93. The average molecular weight is 165 g/mol. The highest BCUT2D eigenvalue weighted by Gasteiger charge is 2.27. The number of hydrogen-bond donors (Lipinski definition) is 0. The van der Waals surface area contributed by atoms with Gasteiger partial charge in [0.15, 0.2) is 0 Å². The lowest BCUT2D eigenvalue weighted by atomic mass is 10.1. The zero-order valence-corrected chi connectivity index (χ0v) is 6.93. The van der Waals surface area contributed by atoms with Crippen LogP contribution >= 0.6 is 0 Å². The number of ether oxygens (including phenoxy) is 1. The normalized spacial score (nSPS) is 16.2. The zero-order chi connectivity index (χ0) is 8.55. The second-order valence-electron chi connectivity index (χ2n) is 2.95. The first-order chi connectivity index (χ1) is 5.81. The molecule has 1 saturated carbocycles. The fraction of sp³-hybridized carbons (Fsp3) is 0.300. The molecule has 0 heterocycles. The Balaban J connectivity index is 2.39. The maximum Gasteiger partial charge on any atom is 0.123 e. The van der Waals surface area contributed by atoms with E-state index in [1.54, 1.807) is 19.2 Å². The van der Waals surface area contributed by atoms with Crippen LogP contribution in [-0.4, -0.2) is 7.11 Å². The molecule has 1 aromatic carbocycles. The largest absolute Gasteiger partial charge is 0.496 e. The molecule has 0 unspecified atom stereocenters. The van der Waals surface area contributed by atoms with Gasteiger partial charge in [-0.1, -0.05) is 0 Å². The van der Waals surface area contributed by atoms with Crippen molar-refractivity contribution >= 4 is 0 Å². The Bertz CT molecular complexity index is 292. The highest BCUT2D eigenvalue weighted by molar-refractivity contribution is 5.47. The van der Waals surface area contributed by atoms with E-state index in [0.717, 1.165) is 24.2 Å². The van der Waals surface area contributed by atoms with Crippen molar-refractivity contribution in [3.05, 3.63) is 35.5 Å². The van der Waals surface area contributed by atoms with Gasteiger partial charge in [0.05, 0.1) is 7.11 Å². The fourth-order valence-corrected chi connectivity index (χ4v) is 1.29. The van der Waals surface area contributed by atoms with Crippen LogP contribution in [0.4, 0.5) is 4.39 Å². The number of rotatable bonds is 2. The molecule has 1 fully saturated rings. The van der Waals surface area contributed by atoms with E-state index in [4.69, 9.17) is 4.74 Å². The Hall–Kier alpha value is -1.05. The van der Waals surface area contributed by atoms with E-state index < -0.39 is 0 Å². The van der Waals surface area contributed by atoms with Gasteiger partial charge in [-0.15, -0.1) is 0 Å². The molecule has 63 valence electrons. The lowest BCUT2D eigenvalue weighted by molar-refractivity contribution is 0.411. The molecule has 0 atom stereocenters. The third kappa shape index (κ3) is 1.29. The first-order valence-corrected chi connectivity index (χ1v) is 4.00. The summed E-state index contributed by atoms with van der Waals surface area (Å²) in [5, 5.41) is 0. The molecular weight excluding hydrogens is 155 g/mol. The molecule has 2 heteroatoms. The van der Waals surface area contributed by atoms with Gasteiger partial charge in [0.25, 0.3) is 0 Å². The Kier molecular flexibility index (Phi) is 1.75. The molecule has 0 aliphatic heterocycles. The molecule has 0 N–H and O–H groups in total. The molecule has 0 amide bonds. The predicted molar refractivity (Wildman–Crippen MR) is 44.5 cm³/mol. The second-order valence-corrected chi connectivity index (χ2v) is 2.95. The molecule has 1 aliphatic carbocycles. The monoisotopic (exact) mass is 165 g/mol. The van der Waals surface area contributed by atoms with E-state index in [-0.39, 0.29) is 5.82 Å². The summed E-state index contributed by atoms with van der Waals surface area (Å²) in [5.41, 5.74) is 0.942. The predicted octanol–water partition coefficient (Wildman–Crippen LogP) is 2.55. The summed E-state index contributed by atoms with van der Waals surface area (Å²) in [6, 6.07) is 4.64. The van der Waals surface area contributed by atoms with Crippen molar-refractivity contribution in [2.75, 3.05) is 7.11 Å². The van der Waals surface area contributed by atoms with Crippen molar-refractivity contribution in [1.29, 1.82) is 0 Å². The maximum atomic E-state index is 12.8. The minimum Gasteiger partial charge on any atom is -0.496 e. The van der Waals surface area contributed by atoms with Gasteiger partial charge in [0.2, 0.25) is 0 Å². The summed E-state index contributed by atoms with van der Waals surface area (Å²) in [5.74, 6) is 1.89. The minimum absolute atomic E-state index is 0.190. The summed E-state index contributed by atoms with van der Waals surface area (Å²) >= 11 is 0. The summed E-state index contributed by atoms with van der Waals surface area (Å²) in [6.45, 7) is 0. The average Bonchev–Trinajstić information content (AvgIpc) is 2.87. The van der Waals surface area contributed by atoms with Gasteiger partial charge in [0, 0.05) is 11.5 Å². The summed E-state index contributed by atoms with van der Waals surface area (Å²) in [7, 11) is 1.61. The quantitative estimate of drug-likeness (QED) is 0.654. The van der Waals surface area contributed by atoms with Crippen LogP contribution in [0.15, 0.2) is 18.2 Å². The minimum atomic E-state index is -0.190. The first kappa shape index (κ1) is 7.59. The number of hydrogen-bond acceptors (Lipinski definition) is 1. The van der Waals surface area contributed by atoms with Crippen LogP contribution in [0.25, 0.3) is 0 Å². The van der Waals surface area contributed by atoms with Crippen LogP contribution < -0.4 is 4.74 Å². The van der Waals surface area contributed by atoms with Crippen LogP contribution in [-0.2, 0) is 0 Å². The van der Waals surface area contributed by atoms with Crippen LogP contribution in [0.1, 0.15) is 18.4 Å². The smallest absolute Gasteiger partial charge is 0.123 e. The third-order valence-corrected chi connectivity index (χ3v) is 2.04. The van der Waals surface area contributed by atoms with E-state index in [1.807, 2.05) is 0 Å². The molecule has 0 bridgehead atoms. The molecule has 0 spiro atoms. The van der Waals surface area contributed by atoms with Gasteiger partial charge in [-0.25, -0.2) is 4.39 Å². The van der Waals surface area contributed by atoms with Crippen LogP contribution in [0.2, 0.25) is 0 Å². The Morgan fingerprint density at radius 2 is 2.08 bits per heavy atom. The van der Waals surface area contributed by atoms with Gasteiger partial charge < -0.3 is 4.74 Å². The maximum absolute atomic E-state index is 12.8. The van der Waals surface area contributed by atoms with E-state index in [0.29, 0.717) is 0 Å². The molecule has 0 saturated heterocycles. The topological polar surface area (TPSA) is 9.23 Å². The molecule has 1 aliphatic rings. The summed E-state index contributed by atoms with van der Waals surface area (Å²) in [4.78, 5) is 0. The van der Waals surface area contributed by atoms with E-state index in [2.05, 4.69) is 0 Å². The highest BCUT2D eigenvalue weighted by atomic mass is 19.1. The summed E-state index contributed by atoms with van der Waals surface area (Å²) < 4.78 is 17.9. The Morgan fingerprint density at radius 3 is 2.67 bits per heavy atom. The fourth-order valence-electron chi connectivity index (χ4n) is 1.29. The van der Waals surface area contributed by atoms with Crippen LogP contribution in [0, 0.1) is 11.7 Å². The van der Waals surface area contributed by atoms with Gasteiger partial charge in [-0.05, 0) is 31.0 Å². The van der Waals surface area contributed by atoms with Crippen LogP contribution in [0.5, 0.6) is 5.75 Å². The van der Waals surface area contributed by atoms with Crippen molar-refractivity contribution in [1.82, 2.24) is 0 Å². The van der Waals surface area contributed by atoms with Crippen molar-refractivity contribution in [3.63, 3.8) is 0 Å². The molecule has 1 aromatic rings. The number of methoxy groups -OCH3 is 1. The van der Waals surface area contributed by atoms with E-state index >= 15 is 0 Å². The standard InChI is InChI=1S/C10H10FO/c1-12-10-5-4-8(11)6-9(10)7-2-3-7/h4-6H,2-3H2,1H3. The van der Waals surface area contributed by atoms with Gasteiger partial charge in [0.1, 0.15) is 11.6 Å². The molecule has 0 aromatic heterocycles. The number of halogens is 1. The lowest BCUT2D eigenvalue weighted by Crippen LogP contribution is -1.91. The van der Waals surface area contributed by atoms with Gasteiger partial charge in [-0.3, -0.25) is 0 Å². The SMILES string of the molecule is COc1ccc(F)cc1[C]1CC1. The van der Waals surface area contributed by atoms with Crippen molar-refractivity contribution < 1.29 is 9.13 Å². The van der Waals surface area contributed by atoms with E-state index in [1.165, 1.54) is 12.0 Å². The molecule has 1 nitrogen and oxygen atoms in total.